The second kappa shape index (κ2) is 7.11. The molecular formula is C16H24ClN3O2. The fraction of sp³-hybridized carbons (Fsp3) is 0.500. The highest BCUT2D eigenvalue weighted by Gasteiger charge is 2.24. The van der Waals surface area contributed by atoms with E-state index in [0.717, 1.165) is 24.2 Å². The van der Waals surface area contributed by atoms with Crippen LogP contribution in [0.5, 0.6) is 0 Å². The van der Waals surface area contributed by atoms with Crippen LogP contribution in [-0.4, -0.2) is 23.9 Å². The molecule has 1 aromatic rings. The van der Waals surface area contributed by atoms with Crippen molar-refractivity contribution in [3.63, 3.8) is 0 Å². The second-order valence-corrected chi connectivity index (χ2v) is 6.16. The van der Waals surface area contributed by atoms with Gasteiger partial charge in [0.1, 0.15) is 0 Å². The van der Waals surface area contributed by atoms with E-state index in [1.54, 1.807) is 18.7 Å². The Kier molecular flexibility index (Phi) is 5.97. The molecular weight excluding hydrogens is 302 g/mol. The summed E-state index contributed by atoms with van der Waals surface area (Å²) in [5, 5.41) is 2.89. The molecule has 2 amide bonds. The number of carbonyl (C=O) groups is 2. The fourth-order valence-corrected chi connectivity index (χ4v) is 2.33. The van der Waals surface area contributed by atoms with E-state index in [-0.39, 0.29) is 30.3 Å². The predicted octanol–water partition coefficient (Wildman–Crippen LogP) is 2.15. The molecule has 0 aliphatic carbocycles. The van der Waals surface area contributed by atoms with Gasteiger partial charge in [0.05, 0.1) is 11.6 Å². The third-order valence-electron chi connectivity index (χ3n) is 3.71. The maximum atomic E-state index is 11.9. The molecule has 1 saturated heterocycles. The lowest BCUT2D eigenvalue weighted by atomic mass is 10.0. The Hall–Kier alpha value is -1.59. The smallest absolute Gasteiger partial charge is 0.239 e. The zero-order chi connectivity index (χ0) is 15.6. The van der Waals surface area contributed by atoms with Gasteiger partial charge in [0.15, 0.2) is 0 Å². The van der Waals surface area contributed by atoms with Crippen molar-refractivity contribution in [3.05, 3.63) is 29.8 Å². The Balaban J connectivity index is 0.00000242. The van der Waals surface area contributed by atoms with Crippen LogP contribution < -0.4 is 16.0 Å². The van der Waals surface area contributed by atoms with Crippen LogP contribution in [-0.2, 0) is 9.59 Å². The number of benzene rings is 1. The molecule has 0 bridgehead atoms. The molecule has 1 aromatic carbocycles. The van der Waals surface area contributed by atoms with E-state index in [9.17, 15) is 9.59 Å². The van der Waals surface area contributed by atoms with Crippen LogP contribution in [0.4, 0.5) is 5.69 Å². The van der Waals surface area contributed by atoms with E-state index in [2.05, 4.69) is 5.32 Å². The molecule has 1 unspecified atom stereocenters. The molecule has 1 heterocycles. The average Bonchev–Trinajstić information content (AvgIpc) is 2.84. The van der Waals surface area contributed by atoms with Crippen LogP contribution in [0, 0.1) is 0 Å². The number of nitrogens with two attached hydrogens (primary N) is 1. The molecule has 1 aliphatic rings. The molecule has 0 aromatic heterocycles. The van der Waals surface area contributed by atoms with E-state index in [1.165, 1.54) is 0 Å². The van der Waals surface area contributed by atoms with Gasteiger partial charge < -0.3 is 16.0 Å². The molecule has 0 radical (unpaired) electrons. The van der Waals surface area contributed by atoms with Gasteiger partial charge in [-0.3, -0.25) is 9.59 Å². The zero-order valence-electron chi connectivity index (χ0n) is 13.3. The zero-order valence-corrected chi connectivity index (χ0v) is 14.1. The van der Waals surface area contributed by atoms with Gasteiger partial charge in [-0.05, 0) is 44.9 Å². The van der Waals surface area contributed by atoms with E-state index in [0.29, 0.717) is 6.42 Å². The molecule has 122 valence electrons. The van der Waals surface area contributed by atoms with Gasteiger partial charge in [0.25, 0.3) is 0 Å². The minimum Gasteiger partial charge on any atom is -0.348 e. The summed E-state index contributed by atoms with van der Waals surface area (Å²) < 4.78 is 0. The maximum Gasteiger partial charge on any atom is 0.239 e. The van der Waals surface area contributed by atoms with Gasteiger partial charge in [-0.25, -0.2) is 0 Å². The first-order valence-electron chi connectivity index (χ1n) is 7.29. The molecule has 6 heteroatoms. The second-order valence-electron chi connectivity index (χ2n) is 6.16. The number of nitrogens with one attached hydrogen (secondary N) is 1. The summed E-state index contributed by atoms with van der Waals surface area (Å²) in [6.07, 6.45) is 1.54. The highest BCUT2D eigenvalue weighted by Crippen LogP contribution is 2.23. The summed E-state index contributed by atoms with van der Waals surface area (Å²) in [5.74, 6) is -0.0113. The number of rotatable bonds is 4. The van der Waals surface area contributed by atoms with Crippen molar-refractivity contribution in [2.75, 3.05) is 11.4 Å². The highest BCUT2D eigenvalue weighted by molar-refractivity contribution is 5.95. The van der Waals surface area contributed by atoms with Crippen molar-refractivity contribution in [2.24, 2.45) is 5.73 Å². The Bertz CT molecular complexity index is 537. The normalized spacial score (nSPS) is 16.2. The van der Waals surface area contributed by atoms with E-state index in [1.807, 2.05) is 31.2 Å². The van der Waals surface area contributed by atoms with Crippen molar-refractivity contribution < 1.29 is 9.59 Å². The van der Waals surface area contributed by atoms with Gasteiger partial charge in [-0.2, -0.15) is 0 Å². The minimum absolute atomic E-state index is 0. The topological polar surface area (TPSA) is 75.4 Å². The first-order chi connectivity index (χ1) is 9.79. The number of hydrogen-bond acceptors (Lipinski definition) is 3. The first kappa shape index (κ1) is 18.5. The molecule has 3 N–H and O–H groups in total. The molecule has 0 saturated carbocycles. The fourth-order valence-electron chi connectivity index (χ4n) is 2.33. The summed E-state index contributed by atoms with van der Waals surface area (Å²) in [5.41, 5.74) is 6.78. The Morgan fingerprint density at radius 2 is 1.91 bits per heavy atom. The number of hydrogen-bond donors (Lipinski definition) is 2. The van der Waals surface area contributed by atoms with Gasteiger partial charge in [0.2, 0.25) is 11.8 Å². The Morgan fingerprint density at radius 1 is 1.32 bits per heavy atom. The quantitative estimate of drug-likeness (QED) is 0.890. The number of halogens is 1. The van der Waals surface area contributed by atoms with Crippen LogP contribution >= 0.6 is 12.4 Å². The lowest BCUT2D eigenvalue weighted by molar-refractivity contribution is -0.125. The third kappa shape index (κ3) is 4.21. The molecule has 1 aliphatic heterocycles. The summed E-state index contributed by atoms with van der Waals surface area (Å²) in [6, 6.07) is 7.61. The van der Waals surface area contributed by atoms with E-state index >= 15 is 0 Å². The molecule has 1 fully saturated rings. The summed E-state index contributed by atoms with van der Waals surface area (Å²) in [7, 11) is 0. The van der Waals surface area contributed by atoms with Crippen LogP contribution in [0.1, 0.15) is 45.2 Å². The average molecular weight is 326 g/mol. The number of nitrogens with zero attached hydrogens (tertiary/aromatic N) is 1. The lowest BCUT2D eigenvalue weighted by Crippen LogP contribution is -2.49. The number of anilines is 1. The molecule has 2 rings (SSSR count). The maximum absolute atomic E-state index is 11.9. The summed E-state index contributed by atoms with van der Waals surface area (Å²) in [4.78, 5) is 25.4. The van der Waals surface area contributed by atoms with Crippen molar-refractivity contribution in [1.82, 2.24) is 5.32 Å². The summed E-state index contributed by atoms with van der Waals surface area (Å²) in [6.45, 7) is 6.06. The molecule has 5 nitrogen and oxygen atoms in total. The van der Waals surface area contributed by atoms with Crippen LogP contribution in [0.2, 0.25) is 0 Å². The van der Waals surface area contributed by atoms with Gasteiger partial charge in [-0.1, -0.05) is 12.1 Å². The molecule has 0 spiro atoms. The first-order valence-corrected chi connectivity index (χ1v) is 7.29. The SMILES string of the molecule is CC(NC(=O)C(C)(C)N)c1ccc(N2CCCC2=O)cc1.Cl. The van der Waals surface area contributed by atoms with E-state index in [4.69, 9.17) is 5.73 Å². The Labute approximate surface area is 137 Å². The van der Waals surface area contributed by atoms with Gasteiger partial charge >= 0.3 is 0 Å². The minimum atomic E-state index is -0.893. The predicted molar refractivity (Wildman–Crippen MR) is 90.1 cm³/mol. The van der Waals surface area contributed by atoms with E-state index < -0.39 is 5.54 Å². The summed E-state index contributed by atoms with van der Waals surface area (Å²) >= 11 is 0. The number of carbonyl (C=O) groups excluding carboxylic acids is 2. The van der Waals surface area contributed by atoms with Gasteiger partial charge in [-0.15, -0.1) is 12.4 Å². The third-order valence-corrected chi connectivity index (χ3v) is 3.71. The highest BCUT2D eigenvalue weighted by atomic mass is 35.5. The Morgan fingerprint density at radius 3 is 2.36 bits per heavy atom. The lowest BCUT2D eigenvalue weighted by Gasteiger charge is -2.23. The van der Waals surface area contributed by atoms with Crippen LogP contribution in [0.15, 0.2) is 24.3 Å². The standard InChI is InChI=1S/C16H23N3O2.ClH/c1-11(18-15(21)16(2,3)17)12-6-8-13(9-7-12)19-10-4-5-14(19)20;/h6-9,11H,4-5,10,17H2,1-3H3,(H,18,21);1H. The largest absolute Gasteiger partial charge is 0.348 e. The van der Waals surface area contributed by atoms with Crippen molar-refractivity contribution in [2.45, 2.75) is 45.2 Å². The van der Waals surface area contributed by atoms with Crippen molar-refractivity contribution >= 4 is 29.9 Å². The van der Waals surface area contributed by atoms with Crippen molar-refractivity contribution in [3.8, 4) is 0 Å². The molecule has 1 atom stereocenters. The van der Waals surface area contributed by atoms with Gasteiger partial charge in [0, 0.05) is 18.7 Å². The molecule has 22 heavy (non-hydrogen) atoms. The monoisotopic (exact) mass is 325 g/mol. The number of amides is 2. The van der Waals surface area contributed by atoms with Crippen molar-refractivity contribution in [1.29, 1.82) is 0 Å². The van der Waals surface area contributed by atoms with Crippen LogP contribution in [0.25, 0.3) is 0 Å². The van der Waals surface area contributed by atoms with Crippen LogP contribution in [0.3, 0.4) is 0 Å².